The molecule has 1 aromatic heterocycles. The lowest BCUT2D eigenvalue weighted by Crippen LogP contribution is -2.39. The Hall–Kier alpha value is -1.41. The predicted octanol–water partition coefficient (Wildman–Crippen LogP) is 1.66. The van der Waals surface area contributed by atoms with Crippen molar-refractivity contribution in [1.29, 1.82) is 0 Å². The van der Waals surface area contributed by atoms with Crippen LogP contribution in [-0.2, 0) is 10.0 Å². The molecule has 2 aliphatic rings. The molecule has 0 radical (unpaired) electrons. The molecule has 2 fully saturated rings. The summed E-state index contributed by atoms with van der Waals surface area (Å²) in [5.74, 6) is 1.21. The number of hydrogen-bond donors (Lipinski definition) is 0. The number of sulfonamides is 1. The maximum absolute atomic E-state index is 12.7. The van der Waals surface area contributed by atoms with Gasteiger partial charge in [0, 0.05) is 26.7 Å². The van der Waals surface area contributed by atoms with E-state index in [4.69, 9.17) is 4.74 Å². The van der Waals surface area contributed by atoms with Crippen molar-refractivity contribution in [3.05, 3.63) is 12.1 Å². The number of anilines is 1. The quantitative estimate of drug-likeness (QED) is 0.800. The molecule has 1 saturated carbocycles. The van der Waals surface area contributed by atoms with E-state index in [0.717, 1.165) is 37.9 Å². The fourth-order valence-electron chi connectivity index (χ4n) is 3.38. The number of rotatable bonds is 5. The first-order valence-electron chi connectivity index (χ1n) is 8.63. The summed E-state index contributed by atoms with van der Waals surface area (Å²) in [5.41, 5.74) is 0. The Morgan fingerprint density at radius 3 is 2.50 bits per heavy atom. The smallest absolute Gasteiger partial charge is 0.233 e. The highest BCUT2D eigenvalue weighted by molar-refractivity contribution is 7.89. The van der Waals surface area contributed by atoms with Crippen LogP contribution in [0.5, 0.6) is 5.88 Å². The summed E-state index contributed by atoms with van der Waals surface area (Å²) in [5, 5.41) is 7.93. The average Bonchev–Trinajstić information content (AvgIpc) is 3.05. The zero-order valence-electron chi connectivity index (χ0n) is 14.4. The van der Waals surface area contributed by atoms with Gasteiger partial charge in [0.05, 0.1) is 11.8 Å². The van der Waals surface area contributed by atoms with E-state index in [0.29, 0.717) is 25.4 Å². The molecule has 1 saturated heterocycles. The molecule has 8 heteroatoms. The van der Waals surface area contributed by atoms with Crippen molar-refractivity contribution in [2.45, 2.75) is 49.9 Å². The third-order valence-corrected chi connectivity index (χ3v) is 7.18. The molecular weight excluding hydrogens is 328 g/mol. The van der Waals surface area contributed by atoms with Gasteiger partial charge in [0.25, 0.3) is 0 Å². The topological polar surface area (TPSA) is 75.6 Å². The van der Waals surface area contributed by atoms with E-state index < -0.39 is 10.0 Å². The second-order valence-corrected chi connectivity index (χ2v) is 9.03. The Labute approximate surface area is 144 Å². The minimum absolute atomic E-state index is 0.150. The molecule has 0 spiro atoms. The molecule has 1 aliphatic heterocycles. The summed E-state index contributed by atoms with van der Waals surface area (Å²) < 4.78 is 32.9. The summed E-state index contributed by atoms with van der Waals surface area (Å²) in [6.07, 6.45) is 5.33. The van der Waals surface area contributed by atoms with Crippen molar-refractivity contribution in [2.75, 3.05) is 32.1 Å². The third-order valence-electron chi connectivity index (χ3n) is 4.81. The van der Waals surface area contributed by atoms with Gasteiger partial charge >= 0.3 is 0 Å². The van der Waals surface area contributed by atoms with Crippen molar-refractivity contribution in [1.82, 2.24) is 14.5 Å². The van der Waals surface area contributed by atoms with Crippen molar-refractivity contribution >= 4 is 15.8 Å². The highest BCUT2D eigenvalue weighted by atomic mass is 32.2. The Morgan fingerprint density at radius 2 is 1.88 bits per heavy atom. The molecule has 0 N–H and O–H groups in total. The van der Waals surface area contributed by atoms with E-state index in [2.05, 4.69) is 10.2 Å². The van der Waals surface area contributed by atoms with Gasteiger partial charge < -0.3 is 9.64 Å². The summed E-state index contributed by atoms with van der Waals surface area (Å²) in [6, 6.07) is 3.62. The molecule has 0 amide bonds. The number of aromatic nitrogens is 2. The first kappa shape index (κ1) is 17.4. The van der Waals surface area contributed by atoms with E-state index in [1.807, 2.05) is 25.1 Å². The Kier molecular flexibility index (Phi) is 5.24. The van der Waals surface area contributed by atoms with Crippen LogP contribution in [0, 0.1) is 0 Å². The molecule has 134 valence electrons. The van der Waals surface area contributed by atoms with E-state index in [-0.39, 0.29) is 11.4 Å². The molecular formula is C16H26N4O3S. The molecule has 7 nitrogen and oxygen atoms in total. The van der Waals surface area contributed by atoms with Gasteiger partial charge in [-0.15, -0.1) is 10.2 Å². The number of nitrogens with zero attached hydrogens (tertiary/aromatic N) is 4. The van der Waals surface area contributed by atoms with Crippen LogP contribution in [0.25, 0.3) is 0 Å². The van der Waals surface area contributed by atoms with Gasteiger partial charge in [0.15, 0.2) is 5.82 Å². The minimum atomic E-state index is -3.19. The summed E-state index contributed by atoms with van der Waals surface area (Å²) in [7, 11) is 0.602. The average molecular weight is 354 g/mol. The highest BCUT2D eigenvalue weighted by Gasteiger charge is 2.38. The second-order valence-electron chi connectivity index (χ2n) is 6.82. The SMILES string of the molecule is CN(C)c1ccc(OC2CCN(S(=O)(=O)C3CCCCC3)C2)nn1. The summed E-state index contributed by atoms with van der Waals surface area (Å²) in [6.45, 7) is 0.947. The second kappa shape index (κ2) is 7.23. The van der Waals surface area contributed by atoms with Crippen LogP contribution in [0.1, 0.15) is 38.5 Å². The first-order valence-corrected chi connectivity index (χ1v) is 10.1. The molecule has 24 heavy (non-hydrogen) atoms. The zero-order valence-corrected chi connectivity index (χ0v) is 15.2. The van der Waals surface area contributed by atoms with E-state index in [9.17, 15) is 8.42 Å². The maximum Gasteiger partial charge on any atom is 0.233 e. The summed E-state index contributed by atoms with van der Waals surface area (Å²) in [4.78, 5) is 1.87. The van der Waals surface area contributed by atoms with Crippen LogP contribution >= 0.6 is 0 Å². The van der Waals surface area contributed by atoms with E-state index >= 15 is 0 Å². The van der Waals surface area contributed by atoms with Crippen LogP contribution in [0.2, 0.25) is 0 Å². The molecule has 1 unspecified atom stereocenters. The largest absolute Gasteiger partial charge is 0.472 e. The van der Waals surface area contributed by atoms with Gasteiger partial charge in [-0.05, 0) is 25.3 Å². The minimum Gasteiger partial charge on any atom is -0.472 e. The first-order chi connectivity index (χ1) is 11.5. The maximum atomic E-state index is 12.7. The molecule has 1 aliphatic carbocycles. The number of hydrogen-bond acceptors (Lipinski definition) is 6. The third kappa shape index (κ3) is 3.80. The van der Waals surface area contributed by atoms with E-state index in [1.165, 1.54) is 0 Å². The van der Waals surface area contributed by atoms with Crippen LogP contribution in [-0.4, -0.2) is 61.5 Å². The lowest BCUT2D eigenvalue weighted by molar-refractivity contribution is 0.204. The van der Waals surface area contributed by atoms with Gasteiger partial charge in [0.1, 0.15) is 6.10 Å². The van der Waals surface area contributed by atoms with Crippen LogP contribution in [0.3, 0.4) is 0 Å². The van der Waals surface area contributed by atoms with Crippen molar-refractivity contribution in [2.24, 2.45) is 0 Å². The van der Waals surface area contributed by atoms with Gasteiger partial charge in [-0.2, -0.15) is 4.31 Å². The fraction of sp³-hybridized carbons (Fsp3) is 0.750. The van der Waals surface area contributed by atoms with Gasteiger partial charge in [-0.3, -0.25) is 0 Å². The van der Waals surface area contributed by atoms with Crippen molar-refractivity contribution in [3.8, 4) is 5.88 Å². The molecule has 0 aromatic carbocycles. The van der Waals surface area contributed by atoms with Crippen LogP contribution < -0.4 is 9.64 Å². The Morgan fingerprint density at radius 1 is 1.12 bits per heavy atom. The van der Waals surface area contributed by atoms with Crippen LogP contribution in [0.4, 0.5) is 5.82 Å². The van der Waals surface area contributed by atoms with Crippen molar-refractivity contribution < 1.29 is 13.2 Å². The Bertz CT molecular complexity index is 642. The lowest BCUT2D eigenvalue weighted by Gasteiger charge is -2.26. The number of ether oxygens (including phenoxy) is 1. The van der Waals surface area contributed by atoms with Crippen molar-refractivity contribution in [3.63, 3.8) is 0 Å². The molecule has 2 heterocycles. The Balaban J connectivity index is 1.58. The molecule has 0 bridgehead atoms. The normalized spacial score (nSPS) is 23.3. The monoisotopic (exact) mass is 354 g/mol. The molecule has 1 atom stereocenters. The van der Waals surface area contributed by atoms with E-state index in [1.54, 1.807) is 10.4 Å². The highest BCUT2D eigenvalue weighted by Crippen LogP contribution is 2.29. The standard InChI is InChI=1S/C16H26N4O3S/c1-19(2)15-8-9-16(18-17-15)23-13-10-11-20(12-13)24(21,22)14-6-4-3-5-7-14/h8-9,13-14H,3-7,10-12H2,1-2H3. The lowest BCUT2D eigenvalue weighted by atomic mass is 10.0. The predicted molar refractivity (Wildman–Crippen MR) is 92.8 cm³/mol. The molecule has 3 rings (SSSR count). The fourth-order valence-corrected chi connectivity index (χ4v) is 5.47. The zero-order chi connectivity index (χ0) is 17.2. The van der Waals surface area contributed by atoms with Gasteiger partial charge in [-0.1, -0.05) is 19.3 Å². The summed E-state index contributed by atoms with van der Waals surface area (Å²) >= 11 is 0. The van der Waals surface area contributed by atoms with Crippen LogP contribution in [0.15, 0.2) is 12.1 Å². The molecule has 1 aromatic rings. The van der Waals surface area contributed by atoms with Gasteiger partial charge in [0.2, 0.25) is 15.9 Å². The van der Waals surface area contributed by atoms with Gasteiger partial charge in [-0.25, -0.2) is 8.42 Å².